The van der Waals surface area contributed by atoms with Crippen molar-refractivity contribution in [2.45, 2.75) is 44.6 Å². The molecular weight excluding hydrogens is 242 g/mol. The molecule has 1 saturated carbocycles. The first-order valence-electron chi connectivity index (χ1n) is 6.55. The number of pyridine rings is 1. The smallest absolute Gasteiger partial charge is 0.139 e. The Morgan fingerprint density at radius 2 is 2.28 bits per heavy atom. The van der Waals surface area contributed by atoms with Crippen LogP contribution < -0.4 is 4.74 Å². The molecule has 18 heavy (non-hydrogen) atoms. The van der Waals surface area contributed by atoms with Crippen LogP contribution in [0.5, 0.6) is 5.75 Å². The molecule has 1 aromatic heterocycles. The van der Waals surface area contributed by atoms with E-state index in [1.54, 1.807) is 11.8 Å². The molecule has 0 aromatic carbocycles. The number of ether oxygens (including phenoxy) is 1. The van der Waals surface area contributed by atoms with Crippen molar-refractivity contribution in [2.24, 2.45) is 5.92 Å². The maximum Gasteiger partial charge on any atom is 0.139 e. The van der Waals surface area contributed by atoms with E-state index < -0.39 is 0 Å². The van der Waals surface area contributed by atoms with Gasteiger partial charge in [-0.25, -0.2) is 0 Å². The lowest BCUT2D eigenvalue weighted by molar-refractivity contribution is 0.0733. The quantitative estimate of drug-likeness (QED) is 0.735. The highest BCUT2D eigenvalue weighted by Gasteiger charge is 2.27. The number of nitrogens with zero attached hydrogens (tertiary/aromatic N) is 1. The van der Waals surface area contributed by atoms with Crippen LogP contribution in [0.1, 0.15) is 39.3 Å². The molecule has 3 heteroatoms. The number of hydrogen-bond donors (Lipinski definition) is 0. The van der Waals surface area contributed by atoms with Crippen molar-refractivity contribution < 1.29 is 4.74 Å². The van der Waals surface area contributed by atoms with Gasteiger partial charge in [0.2, 0.25) is 0 Å². The average molecular weight is 263 g/mol. The Bertz CT molecular complexity index is 438. The van der Waals surface area contributed by atoms with E-state index in [4.69, 9.17) is 4.74 Å². The van der Waals surface area contributed by atoms with Crippen LogP contribution in [-0.2, 0) is 0 Å². The lowest BCUT2D eigenvalue weighted by Gasteiger charge is -2.32. The fourth-order valence-corrected chi connectivity index (χ4v) is 3.07. The summed E-state index contributed by atoms with van der Waals surface area (Å²) < 4.78 is 5.94. The van der Waals surface area contributed by atoms with Crippen LogP contribution in [0, 0.1) is 5.92 Å². The second kappa shape index (κ2) is 5.79. The third-order valence-corrected chi connectivity index (χ3v) is 4.08. The van der Waals surface area contributed by atoms with Crippen LogP contribution in [0.25, 0.3) is 5.57 Å². The van der Waals surface area contributed by atoms with Gasteiger partial charge in [0.15, 0.2) is 0 Å². The molecule has 1 heterocycles. The molecule has 0 bridgehead atoms. The summed E-state index contributed by atoms with van der Waals surface area (Å²) in [4.78, 5) is 5.66. The summed E-state index contributed by atoms with van der Waals surface area (Å²) in [5, 5.41) is 0. The number of allylic oxidation sites excluding steroid dienone is 1. The van der Waals surface area contributed by atoms with E-state index in [9.17, 15) is 0 Å². The molecule has 1 aliphatic carbocycles. The zero-order valence-corrected chi connectivity index (χ0v) is 12.2. The molecule has 98 valence electrons. The molecule has 1 fully saturated rings. The van der Waals surface area contributed by atoms with Gasteiger partial charge in [-0.15, -0.1) is 11.8 Å². The van der Waals surface area contributed by atoms with Gasteiger partial charge in [-0.2, -0.15) is 0 Å². The fourth-order valence-electron chi connectivity index (χ4n) is 2.19. The van der Waals surface area contributed by atoms with E-state index in [1.807, 2.05) is 13.1 Å². The van der Waals surface area contributed by atoms with E-state index in [-0.39, 0.29) is 0 Å². The molecule has 0 atom stereocenters. The monoisotopic (exact) mass is 263 g/mol. The third kappa shape index (κ3) is 3.08. The van der Waals surface area contributed by atoms with Crippen LogP contribution in [-0.4, -0.2) is 16.8 Å². The first-order valence-corrected chi connectivity index (χ1v) is 7.54. The van der Waals surface area contributed by atoms with E-state index in [1.165, 1.54) is 17.7 Å². The molecule has 1 aromatic rings. The Kier molecular flexibility index (Phi) is 4.33. The summed E-state index contributed by atoms with van der Waals surface area (Å²) in [7, 11) is 0. The standard InChI is InChI=1S/C15H21NOS/c1-5-18-14-8-13(9-16-15(14)10(2)3)17-12-6-11(4)7-12/h8-9,11-12H,2,5-7H2,1,3-4H3. The molecule has 0 spiro atoms. The summed E-state index contributed by atoms with van der Waals surface area (Å²) in [6.45, 7) is 10.4. The van der Waals surface area contributed by atoms with Crippen molar-refractivity contribution in [1.29, 1.82) is 0 Å². The van der Waals surface area contributed by atoms with E-state index in [2.05, 4.69) is 31.5 Å². The number of hydrogen-bond acceptors (Lipinski definition) is 3. The predicted octanol–water partition coefficient (Wildman–Crippen LogP) is 4.40. The number of aromatic nitrogens is 1. The maximum absolute atomic E-state index is 5.94. The molecule has 0 saturated heterocycles. The van der Waals surface area contributed by atoms with Gasteiger partial charge in [0.05, 0.1) is 18.0 Å². The first-order chi connectivity index (χ1) is 8.60. The molecule has 2 rings (SSSR count). The van der Waals surface area contributed by atoms with E-state index in [0.29, 0.717) is 6.10 Å². The normalized spacial score (nSPS) is 22.4. The van der Waals surface area contributed by atoms with Crippen LogP contribution in [0.4, 0.5) is 0 Å². The molecule has 2 nitrogen and oxygen atoms in total. The Labute approximate surface area is 114 Å². The maximum atomic E-state index is 5.94. The van der Waals surface area contributed by atoms with Gasteiger partial charge in [0.1, 0.15) is 5.75 Å². The number of thioether (sulfide) groups is 1. The number of rotatable bonds is 5. The fraction of sp³-hybridized carbons (Fsp3) is 0.533. The SMILES string of the molecule is C=C(C)c1ncc(OC2CC(C)C2)cc1SCC. The van der Waals surface area contributed by atoms with Crippen molar-refractivity contribution in [1.82, 2.24) is 4.98 Å². The minimum Gasteiger partial charge on any atom is -0.489 e. The highest BCUT2D eigenvalue weighted by molar-refractivity contribution is 7.99. The third-order valence-electron chi connectivity index (χ3n) is 3.16. The molecule has 0 amide bonds. The highest BCUT2D eigenvalue weighted by Crippen LogP contribution is 2.33. The zero-order valence-electron chi connectivity index (χ0n) is 11.4. The van der Waals surface area contributed by atoms with Crippen LogP contribution in [0.15, 0.2) is 23.7 Å². The van der Waals surface area contributed by atoms with Gasteiger partial charge in [-0.1, -0.05) is 20.4 Å². The Morgan fingerprint density at radius 1 is 1.56 bits per heavy atom. The molecule has 0 N–H and O–H groups in total. The summed E-state index contributed by atoms with van der Waals surface area (Å²) in [5.74, 6) is 2.74. The minimum atomic E-state index is 0.386. The largest absolute Gasteiger partial charge is 0.489 e. The summed E-state index contributed by atoms with van der Waals surface area (Å²) in [6.07, 6.45) is 4.54. The first kappa shape index (κ1) is 13.5. The molecular formula is C15H21NOS. The summed E-state index contributed by atoms with van der Waals surface area (Å²) in [5.41, 5.74) is 2.01. The van der Waals surface area contributed by atoms with Gasteiger partial charge in [0.25, 0.3) is 0 Å². The van der Waals surface area contributed by atoms with Crippen molar-refractivity contribution >= 4 is 17.3 Å². The van der Waals surface area contributed by atoms with Crippen LogP contribution in [0.2, 0.25) is 0 Å². The van der Waals surface area contributed by atoms with Gasteiger partial charge < -0.3 is 4.74 Å². The van der Waals surface area contributed by atoms with Gasteiger partial charge in [0, 0.05) is 4.90 Å². The lowest BCUT2D eigenvalue weighted by Crippen LogP contribution is -2.31. The van der Waals surface area contributed by atoms with Crippen molar-refractivity contribution in [3.8, 4) is 5.75 Å². The zero-order chi connectivity index (χ0) is 13.1. The lowest BCUT2D eigenvalue weighted by atomic mass is 9.84. The van der Waals surface area contributed by atoms with E-state index >= 15 is 0 Å². The van der Waals surface area contributed by atoms with Crippen molar-refractivity contribution in [2.75, 3.05) is 5.75 Å². The van der Waals surface area contributed by atoms with Crippen molar-refractivity contribution in [3.63, 3.8) is 0 Å². The Hall–Kier alpha value is -0.960. The van der Waals surface area contributed by atoms with Crippen LogP contribution >= 0.6 is 11.8 Å². The van der Waals surface area contributed by atoms with E-state index in [0.717, 1.165) is 28.7 Å². The van der Waals surface area contributed by atoms with Crippen LogP contribution in [0.3, 0.4) is 0 Å². The van der Waals surface area contributed by atoms with Crippen molar-refractivity contribution in [3.05, 3.63) is 24.5 Å². The Morgan fingerprint density at radius 3 is 2.83 bits per heavy atom. The summed E-state index contributed by atoms with van der Waals surface area (Å²) in [6, 6.07) is 2.11. The molecule has 0 radical (unpaired) electrons. The second-order valence-electron chi connectivity index (χ2n) is 5.05. The highest BCUT2D eigenvalue weighted by atomic mass is 32.2. The molecule has 0 aliphatic heterocycles. The average Bonchev–Trinajstić information content (AvgIpc) is 2.27. The van der Waals surface area contributed by atoms with Gasteiger partial charge in [-0.05, 0) is 43.1 Å². The minimum absolute atomic E-state index is 0.386. The predicted molar refractivity (Wildman–Crippen MR) is 78.2 cm³/mol. The molecule has 1 aliphatic rings. The Balaban J connectivity index is 2.12. The topological polar surface area (TPSA) is 22.1 Å². The van der Waals surface area contributed by atoms with Gasteiger partial charge in [-0.3, -0.25) is 4.98 Å². The second-order valence-corrected chi connectivity index (χ2v) is 6.35. The summed E-state index contributed by atoms with van der Waals surface area (Å²) >= 11 is 1.79. The van der Waals surface area contributed by atoms with Gasteiger partial charge >= 0.3 is 0 Å². The molecule has 0 unspecified atom stereocenters.